The van der Waals surface area contributed by atoms with Crippen molar-refractivity contribution in [1.82, 2.24) is 0 Å². The summed E-state index contributed by atoms with van der Waals surface area (Å²) in [5, 5.41) is 0. The van der Waals surface area contributed by atoms with Gasteiger partial charge in [-0.1, -0.05) is 26.0 Å². The zero-order valence-electron chi connectivity index (χ0n) is 9.29. The van der Waals surface area contributed by atoms with E-state index in [-0.39, 0.29) is 0 Å². The summed E-state index contributed by atoms with van der Waals surface area (Å²) in [5.74, 6) is 0. The summed E-state index contributed by atoms with van der Waals surface area (Å²) in [4.78, 5) is 2.24. The Kier molecular flexibility index (Phi) is 4.47. The second-order valence-corrected chi connectivity index (χ2v) is 3.14. The number of rotatable bonds is 1. The third-order valence-corrected chi connectivity index (χ3v) is 2.12. The van der Waals surface area contributed by atoms with Gasteiger partial charge in [0.2, 0.25) is 0 Å². The Bertz CT molecular complexity index is 267. The molecule has 1 fully saturated rings. The average Bonchev–Trinajstić information content (AvgIpc) is 2.74. The Labute approximate surface area is 86.5 Å². The molecular formula is C12H19NO. The second kappa shape index (κ2) is 5.66. The number of ether oxygens (including phenoxy) is 1. The van der Waals surface area contributed by atoms with Crippen LogP contribution in [0.5, 0.6) is 0 Å². The minimum atomic E-state index is 0.740. The number of aryl methyl sites for hydroxylation is 1. The predicted octanol–water partition coefficient (Wildman–Crippen LogP) is 2.82. The van der Waals surface area contributed by atoms with Gasteiger partial charge in [0.25, 0.3) is 0 Å². The molecule has 0 aromatic heterocycles. The van der Waals surface area contributed by atoms with Crippen LogP contribution in [0.4, 0.5) is 5.69 Å². The van der Waals surface area contributed by atoms with Crippen molar-refractivity contribution < 1.29 is 4.74 Å². The number of hydrogen-bond acceptors (Lipinski definition) is 2. The van der Waals surface area contributed by atoms with Gasteiger partial charge >= 0.3 is 0 Å². The Balaban J connectivity index is 0.000000461. The van der Waals surface area contributed by atoms with Gasteiger partial charge < -0.3 is 9.64 Å². The first kappa shape index (κ1) is 11.1. The van der Waals surface area contributed by atoms with E-state index in [0.717, 1.165) is 19.9 Å². The third kappa shape index (κ3) is 2.74. The highest BCUT2D eigenvalue weighted by Crippen LogP contribution is 2.17. The molecule has 0 amide bonds. The van der Waals surface area contributed by atoms with E-state index in [4.69, 9.17) is 4.74 Å². The summed E-state index contributed by atoms with van der Waals surface area (Å²) in [6.45, 7) is 8.72. The third-order valence-electron chi connectivity index (χ3n) is 2.12. The maximum absolute atomic E-state index is 5.28. The lowest BCUT2D eigenvalue weighted by atomic mass is 10.2. The molecule has 2 rings (SSSR count). The zero-order valence-corrected chi connectivity index (χ0v) is 9.29. The lowest BCUT2D eigenvalue weighted by Crippen LogP contribution is -2.18. The van der Waals surface area contributed by atoms with Crippen LogP contribution < -0.4 is 4.90 Å². The van der Waals surface area contributed by atoms with Crippen molar-refractivity contribution in [1.29, 1.82) is 0 Å². The lowest BCUT2D eigenvalue weighted by Gasteiger charge is -2.15. The molecule has 1 aliphatic heterocycles. The van der Waals surface area contributed by atoms with E-state index in [1.807, 2.05) is 13.8 Å². The van der Waals surface area contributed by atoms with Crippen LogP contribution in [0.1, 0.15) is 19.4 Å². The molecule has 1 heterocycles. The molecule has 1 aromatic rings. The smallest absolute Gasteiger partial charge is 0.119 e. The summed E-state index contributed by atoms with van der Waals surface area (Å²) in [6.07, 6.45) is 0. The van der Waals surface area contributed by atoms with Crippen LogP contribution in [0, 0.1) is 6.92 Å². The summed E-state index contributed by atoms with van der Waals surface area (Å²) in [6, 6.07) is 8.51. The monoisotopic (exact) mass is 193 g/mol. The molecule has 78 valence electrons. The molecule has 1 aromatic carbocycles. The molecule has 0 radical (unpaired) electrons. The largest absolute Gasteiger partial charge is 0.359 e. The molecule has 0 unspecified atom stereocenters. The second-order valence-electron chi connectivity index (χ2n) is 3.14. The van der Waals surface area contributed by atoms with Crippen LogP contribution in [0.2, 0.25) is 0 Å². The standard InChI is InChI=1S/C10H13NO.C2H6/c1-9-3-2-4-10(7-9)11-5-6-12-8-11;1-2/h2-4,7H,5-6,8H2,1H3;1-2H3. The van der Waals surface area contributed by atoms with Crippen LogP contribution in [0.15, 0.2) is 24.3 Å². The van der Waals surface area contributed by atoms with E-state index in [1.165, 1.54) is 11.3 Å². The van der Waals surface area contributed by atoms with Crippen molar-refractivity contribution in [2.24, 2.45) is 0 Å². The zero-order chi connectivity index (χ0) is 10.4. The number of anilines is 1. The number of benzene rings is 1. The van der Waals surface area contributed by atoms with E-state index in [9.17, 15) is 0 Å². The topological polar surface area (TPSA) is 12.5 Å². The van der Waals surface area contributed by atoms with Crippen molar-refractivity contribution >= 4 is 5.69 Å². The first-order chi connectivity index (χ1) is 6.86. The van der Waals surface area contributed by atoms with Crippen LogP contribution in [0.3, 0.4) is 0 Å². The van der Waals surface area contributed by atoms with Crippen molar-refractivity contribution in [3.05, 3.63) is 29.8 Å². The first-order valence-corrected chi connectivity index (χ1v) is 5.25. The fourth-order valence-corrected chi connectivity index (χ4v) is 1.44. The van der Waals surface area contributed by atoms with E-state index < -0.39 is 0 Å². The molecule has 0 atom stereocenters. The Morgan fingerprint density at radius 2 is 2.07 bits per heavy atom. The quantitative estimate of drug-likeness (QED) is 0.680. The molecule has 0 bridgehead atoms. The summed E-state index contributed by atoms with van der Waals surface area (Å²) >= 11 is 0. The van der Waals surface area contributed by atoms with Gasteiger partial charge in [0.05, 0.1) is 6.61 Å². The van der Waals surface area contributed by atoms with Gasteiger partial charge in [-0.05, 0) is 24.6 Å². The maximum atomic E-state index is 5.28. The van der Waals surface area contributed by atoms with Gasteiger partial charge in [0.15, 0.2) is 0 Å². The van der Waals surface area contributed by atoms with Gasteiger partial charge in [-0.25, -0.2) is 0 Å². The minimum Gasteiger partial charge on any atom is -0.359 e. The van der Waals surface area contributed by atoms with Gasteiger partial charge in [-0.3, -0.25) is 0 Å². The Hall–Kier alpha value is -1.02. The Morgan fingerprint density at radius 1 is 1.29 bits per heavy atom. The van der Waals surface area contributed by atoms with E-state index in [0.29, 0.717) is 0 Å². The van der Waals surface area contributed by atoms with Gasteiger partial charge in [0.1, 0.15) is 6.73 Å². The molecule has 2 heteroatoms. The summed E-state index contributed by atoms with van der Waals surface area (Å²) in [7, 11) is 0. The molecule has 0 spiro atoms. The van der Waals surface area contributed by atoms with E-state index in [2.05, 4.69) is 36.1 Å². The number of hydrogen-bond donors (Lipinski definition) is 0. The molecule has 1 saturated heterocycles. The maximum Gasteiger partial charge on any atom is 0.119 e. The summed E-state index contributed by atoms with van der Waals surface area (Å²) < 4.78 is 5.28. The molecule has 2 nitrogen and oxygen atoms in total. The fraction of sp³-hybridized carbons (Fsp3) is 0.500. The summed E-state index contributed by atoms with van der Waals surface area (Å²) in [5.41, 5.74) is 2.58. The Morgan fingerprint density at radius 3 is 2.64 bits per heavy atom. The number of nitrogens with zero attached hydrogens (tertiary/aromatic N) is 1. The highest BCUT2D eigenvalue weighted by Gasteiger charge is 2.11. The van der Waals surface area contributed by atoms with Gasteiger partial charge in [-0.2, -0.15) is 0 Å². The normalized spacial score (nSPS) is 14.9. The van der Waals surface area contributed by atoms with Crippen molar-refractivity contribution in [2.45, 2.75) is 20.8 Å². The highest BCUT2D eigenvalue weighted by atomic mass is 16.5. The van der Waals surface area contributed by atoms with E-state index in [1.54, 1.807) is 0 Å². The molecule has 14 heavy (non-hydrogen) atoms. The first-order valence-electron chi connectivity index (χ1n) is 5.25. The van der Waals surface area contributed by atoms with Gasteiger partial charge in [-0.15, -0.1) is 0 Å². The van der Waals surface area contributed by atoms with Crippen LogP contribution >= 0.6 is 0 Å². The van der Waals surface area contributed by atoms with E-state index >= 15 is 0 Å². The van der Waals surface area contributed by atoms with Gasteiger partial charge in [0, 0.05) is 12.2 Å². The van der Waals surface area contributed by atoms with Crippen LogP contribution in [-0.2, 0) is 4.74 Å². The highest BCUT2D eigenvalue weighted by molar-refractivity contribution is 5.48. The fourth-order valence-electron chi connectivity index (χ4n) is 1.44. The lowest BCUT2D eigenvalue weighted by molar-refractivity contribution is 0.201. The van der Waals surface area contributed by atoms with Crippen molar-refractivity contribution in [3.63, 3.8) is 0 Å². The molecule has 0 saturated carbocycles. The predicted molar refractivity (Wildman–Crippen MR) is 60.7 cm³/mol. The van der Waals surface area contributed by atoms with Crippen molar-refractivity contribution in [3.8, 4) is 0 Å². The van der Waals surface area contributed by atoms with Crippen molar-refractivity contribution in [2.75, 3.05) is 24.8 Å². The van der Waals surface area contributed by atoms with Crippen LogP contribution in [0.25, 0.3) is 0 Å². The molecule has 0 aliphatic carbocycles. The molecule has 1 aliphatic rings. The average molecular weight is 193 g/mol. The molecular weight excluding hydrogens is 174 g/mol. The SMILES string of the molecule is CC.Cc1cccc(N2CCOC2)c1. The van der Waals surface area contributed by atoms with Crippen LogP contribution in [-0.4, -0.2) is 19.9 Å². The molecule has 0 N–H and O–H groups in total. The minimum absolute atomic E-state index is 0.740.